The molecule has 0 aliphatic heterocycles. The minimum absolute atomic E-state index is 0.595. The number of nitrogens with zero attached hydrogens (tertiary/aromatic N) is 5. The number of aromatic nitrogens is 5. The third-order valence-corrected chi connectivity index (χ3v) is 10.4. The molecule has 0 radical (unpaired) electrons. The van der Waals surface area contributed by atoms with E-state index in [0.717, 1.165) is 72.9 Å². The number of hydrogen-bond donors (Lipinski definition) is 0. The van der Waals surface area contributed by atoms with Gasteiger partial charge in [0.25, 0.3) is 0 Å². The molecule has 3 heterocycles. The van der Waals surface area contributed by atoms with Crippen LogP contribution in [-0.2, 0) is 0 Å². The van der Waals surface area contributed by atoms with Gasteiger partial charge in [0.15, 0.2) is 11.4 Å². The Morgan fingerprint density at radius 3 is 1.57 bits per heavy atom. The Morgan fingerprint density at radius 2 is 0.911 bits per heavy atom. The number of imidazole rings is 1. The van der Waals surface area contributed by atoms with Crippen molar-refractivity contribution >= 4 is 43.7 Å². The van der Waals surface area contributed by atoms with Gasteiger partial charge in [0, 0.05) is 33.5 Å². The second-order valence-electron chi connectivity index (χ2n) is 14.0. The Kier molecular flexibility index (Phi) is 7.38. The minimum Gasteiger partial charge on any atom is -0.436 e. The number of oxazole rings is 1. The first-order valence-corrected chi connectivity index (χ1v) is 18.6. The number of benzene rings is 8. The van der Waals surface area contributed by atoms with Gasteiger partial charge in [-0.15, -0.1) is 0 Å². The molecular weight excluding hydrogens is 687 g/mol. The molecule has 8 aromatic carbocycles. The lowest BCUT2D eigenvalue weighted by Gasteiger charge is -2.13. The highest BCUT2D eigenvalue weighted by Gasteiger charge is 2.17. The summed E-state index contributed by atoms with van der Waals surface area (Å²) in [5.41, 5.74) is 11.2. The van der Waals surface area contributed by atoms with Crippen molar-refractivity contribution < 1.29 is 4.42 Å². The lowest BCUT2D eigenvalue weighted by atomic mass is 10.0. The van der Waals surface area contributed by atoms with Crippen LogP contribution in [0.25, 0.3) is 106 Å². The van der Waals surface area contributed by atoms with Crippen molar-refractivity contribution in [3.05, 3.63) is 188 Å². The van der Waals surface area contributed by atoms with E-state index in [9.17, 15) is 0 Å². The summed E-state index contributed by atoms with van der Waals surface area (Å²) >= 11 is 0. The van der Waals surface area contributed by atoms with E-state index >= 15 is 0 Å². The molecule has 0 fully saturated rings. The van der Waals surface area contributed by atoms with Gasteiger partial charge in [-0.05, 0) is 100 Å². The van der Waals surface area contributed by atoms with Crippen LogP contribution in [0, 0.1) is 0 Å². The predicted octanol–water partition coefficient (Wildman–Crippen LogP) is 12.6. The Morgan fingerprint density at radius 1 is 0.375 bits per heavy atom. The SMILES string of the molecule is c1ccc2cc(-c3cc(-c4ccc5ccccc5c4)nc(-c4ccc(-n5c(-c6ccc(-c7nc8ccccc8o7)cc6)nc6ccccc65)cc4)n3)ccc2c1. The van der Waals surface area contributed by atoms with Gasteiger partial charge in [0.2, 0.25) is 5.89 Å². The van der Waals surface area contributed by atoms with E-state index in [1.807, 2.05) is 42.5 Å². The van der Waals surface area contributed by atoms with Gasteiger partial charge in [0.05, 0.1) is 22.4 Å². The van der Waals surface area contributed by atoms with Crippen LogP contribution in [0.15, 0.2) is 192 Å². The third-order valence-electron chi connectivity index (χ3n) is 10.4. The Bertz CT molecular complexity index is 3120. The van der Waals surface area contributed by atoms with E-state index in [1.54, 1.807) is 0 Å². The molecule has 0 aliphatic rings. The fourth-order valence-electron chi connectivity index (χ4n) is 7.57. The van der Waals surface area contributed by atoms with Crippen molar-refractivity contribution in [1.29, 1.82) is 0 Å². The van der Waals surface area contributed by atoms with Crippen LogP contribution in [0.4, 0.5) is 0 Å². The summed E-state index contributed by atoms with van der Waals surface area (Å²) in [6.45, 7) is 0. The molecule has 56 heavy (non-hydrogen) atoms. The summed E-state index contributed by atoms with van der Waals surface area (Å²) in [6, 6.07) is 64.7. The first-order valence-electron chi connectivity index (χ1n) is 18.6. The molecule has 3 aromatic heterocycles. The maximum atomic E-state index is 6.05. The summed E-state index contributed by atoms with van der Waals surface area (Å²) in [4.78, 5) is 20.2. The molecule has 6 nitrogen and oxygen atoms in total. The monoisotopic (exact) mass is 717 g/mol. The zero-order valence-corrected chi connectivity index (χ0v) is 30.0. The number of rotatable bonds is 6. The maximum absolute atomic E-state index is 6.05. The average Bonchev–Trinajstić information content (AvgIpc) is 3.89. The van der Waals surface area contributed by atoms with Crippen molar-refractivity contribution in [3.63, 3.8) is 0 Å². The quantitative estimate of drug-likeness (QED) is 0.171. The van der Waals surface area contributed by atoms with E-state index in [2.05, 4.69) is 155 Å². The molecule has 262 valence electrons. The third kappa shape index (κ3) is 5.60. The summed E-state index contributed by atoms with van der Waals surface area (Å²) in [5, 5.41) is 4.74. The summed E-state index contributed by atoms with van der Waals surface area (Å²) in [6.07, 6.45) is 0. The van der Waals surface area contributed by atoms with Crippen LogP contribution in [0.2, 0.25) is 0 Å². The lowest BCUT2D eigenvalue weighted by Crippen LogP contribution is -1.99. The normalized spacial score (nSPS) is 11.6. The zero-order chi connectivity index (χ0) is 37.0. The first kappa shape index (κ1) is 31.8. The molecule has 11 aromatic rings. The Labute approximate surface area is 322 Å². The maximum Gasteiger partial charge on any atom is 0.227 e. The lowest BCUT2D eigenvalue weighted by molar-refractivity contribution is 0.620. The second-order valence-corrected chi connectivity index (χ2v) is 14.0. The van der Waals surface area contributed by atoms with Crippen molar-refractivity contribution in [3.8, 4) is 62.4 Å². The van der Waals surface area contributed by atoms with Gasteiger partial charge in [-0.3, -0.25) is 4.57 Å². The smallest absolute Gasteiger partial charge is 0.227 e. The van der Waals surface area contributed by atoms with E-state index in [1.165, 1.54) is 21.5 Å². The molecule has 0 aliphatic carbocycles. The van der Waals surface area contributed by atoms with Gasteiger partial charge in [0.1, 0.15) is 11.3 Å². The van der Waals surface area contributed by atoms with Gasteiger partial charge in [-0.1, -0.05) is 109 Å². The molecule has 0 N–H and O–H groups in total. The van der Waals surface area contributed by atoms with Crippen LogP contribution < -0.4 is 0 Å². The molecule has 0 spiro atoms. The number of hydrogen-bond acceptors (Lipinski definition) is 5. The predicted molar refractivity (Wildman–Crippen MR) is 226 cm³/mol. The van der Waals surface area contributed by atoms with E-state index in [-0.39, 0.29) is 0 Å². The Balaban J connectivity index is 0.999. The topological polar surface area (TPSA) is 69.6 Å². The van der Waals surface area contributed by atoms with Crippen molar-refractivity contribution in [2.45, 2.75) is 0 Å². The van der Waals surface area contributed by atoms with Crippen molar-refractivity contribution in [1.82, 2.24) is 24.5 Å². The highest BCUT2D eigenvalue weighted by molar-refractivity contribution is 5.90. The van der Waals surface area contributed by atoms with Crippen LogP contribution in [0.1, 0.15) is 0 Å². The fourth-order valence-corrected chi connectivity index (χ4v) is 7.57. The van der Waals surface area contributed by atoms with Gasteiger partial charge < -0.3 is 4.42 Å². The van der Waals surface area contributed by atoms with E-state index < -0.39 is 0 Å². The number of fused-ring (bicyclic) bond motifs is 4. The molecule has 0 saturated heterocycles. The molecule has 0 bridgehead atoms. The molecule has 0 saturated carbocycles. The summed E-state index contributed by atoms with van der Waals surface area (Å²) < 4.78 is 8.25. The molecule has 0 amide bonds. The van der Waals surface area contributed by atoms with Crippen LogP contribution in [-0.4, -0.2) is 24.5 Å². The van der Waals surface area contributed by atoms with Crippen LogP contribution >= 0.6 is 0 Å². The van der Waals surface area contributed by atoms with E-state index in [0.29, 0.717) is 11.7 Å². The standard InChI is InChI=1S/C50H31N5O/c1-3-11-37-29-39(23-17-32(37)9-1)44-31-45(40-24-18-33-10-2-4-12-38(33)30-40)52-48(51-44)34-25-27-41(28-26-34)55-46-15-7-5-13-42(46)53-49(55)35-19-21-36(22-20-35)50-54-43-14-6-8-16-47(43)56-50/h1-31H. The van der Waals surface area contributed by atoms with Gasteiger partial charge in [-0.25, -0.2) is 19.9 Å². The van der Waals surface area contributed by atoms with Crippen molar-refractivity contribution in [2.75, 3.05) is 0 Å². The molecule has 11 rings (SSSR count). The largest absolute Gasteiger partial charge is 0.436 e. The summed E-state index contributed by atoms with van der Waals surface area (Å²) in [5.74, 6) is 2.10. The van der Waals surface area contributed by atoms with Gasteiger partial charge in [-0.2, -0.15) is 0 Å². The van der Waals surface area contributed by atoms with Crippen LogP contribution in [0.3, 0.4) is 0 Å². The molecular formula is C50H31N5O. The second kappa shape index (κ2) is 13.0. The molecule has 6 heteroatoms. The first-order chi connectivity index (χ1) is 27.7. The number of para-hydroxylation sites is 4. The van der Waals surface area contributed by atoms with E-state index in [4.69, 9.17) is 19.4 Å². The fraction of sp³-hybridized carbons (Fsp3) is 0. The van der Waals surface area contributed by atoms with Gasteiger partial charge >= 0.3 is 0 Å². The average molecular weight is 718 g/mol. The molecule has 0 atom stereocenters. The van der Waals surface area contributed by atoms with Crippen LogP contribution in [0.5, 0.6) is 0 Å². The minimum atomic E-state index is 0.595. The molecule has 0 unspecified atom stereocenters. The highest BCUT2D eigenvalue weighted by Crippen LogP contribution is 2.34. The highest BCUT2D eigenvalue weighted by atomic mass is 16.3. The summed E-state index contributed by atoms with van der Waals surface area (Å²) in [7, 11) is 0. The zero-order valence-electron chi connectivity index (χ0n) is 30.0. The Hall–Kier alpha value is -7.70. The van der Waals surface area contributed by atoms with Crippen molar-refractivity contribution in [2.24, 2.45) is 0 Å².